The van der Waals surface area contributed by atoms with Crippen LogP contribution in [0.1, 0.15) is 54.0 Å². The molecule has 3 aliphatic rings. The van der Waals surface area contributed by atoms with Crippen LogP contribution in [0.15, 0.2) is 72.0 Å². The van der Waals surface area contributed by atoms with Crippen molar-refractivity contribution in [3.63, 3.8) is 0 Å². The fourth-order valence-corrected chi connectivity index (χ4v) is 13.4. The number of nitrogens with zero attached hydrogens (tertiary/aromatic N) is 2. The van der Waals surface area contributed by atoms with Crippen molar-refractivity contribution in [1.29, 1.82) is 0 Å². The van der Waals surface area contributed by atoms with Crippen LogP contribution >= 0.6 is 58.4 Å². The van der Waals surface area contributed by atoms with Crippen LogP contribution < -0.4 is 9.64 Å². The Morgan fingerprint density at radius 1 is 0.750 bits per heavy atom. The largest absolute Gasteiger partial charge is 0.494 e. The Hall–Kier alpha value is -3.90. The minimum Gasteiger partial charge on any atom is -0.494 e. The molecule has 0 radical (unpaired) electrons. The molecule has 12 nitrogen and oxygen atoms in total. The fraction of sp³-hybridized carbons (Fsp3) is 0.385. The molecule has 6 rings (SSSR count). The molecule has 56 heavy (non-hydrogen) atoms. The number of rotatable bonds is 13. The van der Waals surface area contributed by atoms with Crippen molar-refractivity contribution in [3.05, 3.63) is 73.2 Å². The number of benzene rings is 2. The monoisotopic (exact) mass is 856 g/mol. The van der Waals surface area contributed by atoms with Gasteiger partial charge in [-0.1, -0.05) is 59.2 Å². The molecule has 1 spiro atoms. The van der Waals surface area contributed by atoms with Gasteiger partial charge in [-0.15, -0.1) is 11.3 Å². The third-order valence-corrected chi connectivity index (χ3v) is 15.4. The first-order valence-electron chi connectivity index (χ1n) is 17.9. The number of para-hydroxylation sites is 1. The Balaban J connectivity index is 1.59. The van der Waals surface area contributed by atoms with Gasteiger partial charge in [0.25, 0.3) is 0 Å². The lowest BCUT2D eigenvalue weighted by atomic mass is 9.83. The van der Waals surface area contributed by atoms with Gasteiger partial charge in [0, 0.05) is 22.1 Å². The van der Waals surface area contributed by atoms with Crippen molar-refractivity contribution in [2.45, 2.75) is 62.4 Å². The van der Waals surface area contributed by atoms with Crippen molar-refractivity contribution in [3.8, 4) is 5.75 Å². The zero-order chi connectivity index (χ0) is 40.4. The summed E-state index contributed by atoms with van der Waals surface area (Å²) in [5, 5.41) is 0. The first-order chi connectivity index (χ1) is 26.9. The first-order valence-corrected chi connectivity index (χ1v) is 22.2. The molecule has 2 aromatic carbocycles. The molecule has 0 N–H and O–H groups in total. The van der Waals surface area contributed by atoms with Gasteiger partial charge in [-0.25, -0.2) is 24.2 Å². The molecule has 0 saturated heterocycles. The number of amides is 1. The highest BCUT2D eigenvalue weighted by Gasteiger charge is 2.62. The van der Waals surface area contributed by atoms with E-state index >= 15 is 0 Å². The SMILES string of the molecule is CCOC(=O)C1=C(C(=O)OCC)SC2(S1)C(C(=O)OCC)=C(C(=O)OCC)SC1=C2c2ccc(OCC)cc2N(C(=O)CSc2nc3ccccc3s2)C1(C)C. The van der Waals surface area contributed by atoms with Gasteiger partial charge in [0.1, 0.15) is 24.5 Å². The maximum atomic E-state index is 14.7. The number of ether oxygens (including phenoxy) is 5. The number of hydrogen-bond acceptors (Lipinski definition) is 16. The van der Waals surface area contributed by atoms with Crippen LogP contribution in [0, 0.1) is 0 Å². The second-order valence-corrected chi connectivity index (χ2v) is 18.5. The maximum absolute atomic E-state index is 14.7. The normalized spacial score (nSPS) is 16.8. The minimum absolute atomic E-state index is 0.00137. The van der Waals surface area contributed by atoms with E-state index < -0.39 is 33.5 Å². The number of carbonyl (C=O) groups excluding carboxylic acids is 5. The van der Waals surface area contributed by atoms with Crippen molar-refractivity contribution < 1.29 is 47.7 Å². The van der Waals surface area contributed by atoms with Gasteiger partial charge in [-0.05, 0) is 72.7 Å². The lowest BCUT2D eigenvalue weighted by Gasteiger charge is -2.50. The van der Waals surface area contributed by atoms with Crippen molar-refractivity contribution in [2.24, 2.45) is 0 Å². The number of anilines is 1. The molecule has 4 heterocycles. The van der Waals surface area contributed by atoms with Gasteiger partial charge in [0.05, 0.1) is 65.8 Å². The van der Waals surface area contributed by atoms with Crippen LogP contribution in [0.2, 0.25) is 0 Å². The zero-order valence-corrected chi connectivity index (χ0v) is 35.9. The Labute approximate surface area is 345 Å². The van der Waals surface area contributed by atoms with Gasteiger partial charge in [-0.2, -0.15) is 0 Å². The smallest absolute Gasteiger partial charge is 0.346 e. The Bertz CT molecular complexity index is 2140. The number of thiazole rings is 1. The Morgan fingerprint density at radius 3 is 1.93 bits per heavy atom. The molecule has 3 aromatic rings. The molecule has 17 heteroatoms. The fourth-order valence-electron chi connectivity index (χ4n) is 6.51. The number of thioether (sulfide) groups is 4. The summed E-state index contributed by atoms with van der Waals surface area (Å²) < 4.78 is 28.0. The van der Waals surface area contributed by atoms with E-state index in [0.717, 1.165) is 49.8 Å². The van der Waals surface area contributed by atoms with E-state index in [1.54, 1.807) is 50.8 Å². The molecule has 3 aliphatic heterocycles. The average molecular weight is 857 g/mol. The summed E-state index contributed by atoms with van der Waals surface area (Å²) in [5.74, 6) is -2.95. The molecular formula is C39H40N2O10S5. The Morgan fingerprint density at radius 2 is 1.34 bits per heavy atom. The molecule has 1 amide bonds. The van der Waals surface area contributed by atoms with E-state index in [1.807, 2.05) is 45.0 Å². The number of esters is 4. The van der Waals surface area contributed by atoms with E-state index in [4.69, 9.17) is 28.7 Å². The lowest BCUT2D eigenvalue weighted by molar-refractivity contribution is -0.141. The second-order valence-electron chi connectivity index (χ2n) is 12.5. The number of aromatic nitrogens is 1. The van der Waals surface area contributed by atoms with Gasteiger partial charge < -0.3 is 28.6 Å². The van der Waals surface area contributed by atoms with Crippen LogP contribution in [0.4, 0.5) is 5.69 Å². The molecule has 0 atom stereocenters. The summed E-state index contributed by atoms with van der Waals surface area (Å²) in [6.45, 7) is 12.5. The highest BCUT2D eigenvalue weighted by molar-refractivity contribution is 8.26. The predicted molar refractivity (Wildman–Crippen MR) is 223 cm³/mol. The van der Waals surface area contributed by atoms with Crippen LogP contribution in [-0.4, -0.2) is 83.2 Å². The van der Waals surface area contributed by atoms with Crippen LogP contribution in [0.5, 0.6) is 5.75 Å². The summed E-state index contributed by atoms with van der Waals surface area (Å²) in [4.78, 5) is 77.1. The number of fused-ring (bicyclic) bond motifs is 4. The van der Waals surface area contributed by atoms with E-state index in [-0.39, 0.29) is 58.4 Å². The van der Waals surface area contributed by atoms with Crippen LogP contribution in [-0.2, 0) is 42.9 Å². The van der Waals surface area contributed by atoms with Crippen LogP contribution in [0.25, 0.3) is 15.8 Å². The average Bonchev–Trinajstić information content (AvgIpc) is 3.77. The summed E-state index contributed by atoms with van der Waals surface area (Å²) in [6, 6.07) is 13.1. The highest BCUT2D eigenvalue weighted by atomic mass is 32.2. The summed E-state index contributed by atoms with van der Waals surface area (Å²) in [6.07, 6.45) is 0. The number of carbonyl (C=O) groups is 5. The summed E-state index contributed by atoms with van der Waals surface area (Å²) >= 11 is 5.66. The molecule has 0 unspecified atom stereocenters. The highest BCUT2D eigenvalue weighted by Crippen LogP contribution is 2.71. The summed E-state index contributed by atoms with van der Waals surface area (Å²) in [5.41, 5.74) is 1.04. The predicted octanol–water partition coefficient (Wildman–Crippen LogP) is 7.96. The van der Waals surface area contributed by atoms with Gasteiger partial charge >= 0.3 is 23.9 Å². The number of hydrogen-bond donors (Lipinski definition) is 0. The minimum atomic E-state index is -1.69. The van der Waals surface area contributed by atoms with Crippen molar-refractivity contribution in [2.75, 3.05) is 43.7 Å². The molecule has 0 bridgehead atoms. The third-order valence-electron chi connectivity index (χ3n) is 8.62. The van der Waals surface area contributed by atoms with E-state index in [1.165, 1.54) is 23.1 Å². The maximum Gasteiger partial charge on any atom is 0.346 e. The topological polar surface area (TPSA) is 148 Å². The molecule has 0 aliphatic carbocycles. The third kappa shape index (κ3) is 7.60. The van der Waals surface area contributed by atoms with E-state index in [9.17, 15) is 24.0 Å². The van der Waals surface area contributed by atoms with Crippen molar-refractivity contribution >= 4 is 110 Å². The lowest BCUT2D eigenvalue weighted by Crippen LogP contribution is -2.54. The zero-order valence-electron chi connectivity index (χ0n) is 31.8. The quantitative estimate of drug-likeness (QED) is 0.0929. The standard InChI is InChI=1S/C39H40N2O10S5/c1-8-47-21-17-18-22-24(19-21)41(26(42)20-52-37-40-23-15-13-14-16-25(23)53-37)38(6,7)32-27(22)39(28(33(43)48-9-2)29(54-32)34(44)49-10-3)55-30(35(45)50-11-4)31(56-39)36(46)51-12-5/h13-19H,8-12,20H2,1-7H3. The molecule has 1 aromatic heterocycles. The molecule has 0 saturated carbocycles. The van der Waals surface area contributed by atoms with Gasteiger partial charge in [-0.3, -0.25) is 4.79 Å². The van der Waals surface area contributed by atoms with Gasteiger partial charge in [0.15, 0.2) is 4.34 Å². The Kier molecular flexibility index (Phi) is 12.9. The van der Waals surface area contributed by atoms with Crippen molar-refractivity contribution in [1.82, 2.24) is 4.98 Å². The summed E-state index contributed by atoms with van der Waals surface area (Å²) in [7, 11) is 0. The van der Waals surface area contributed by atoms with E-state index in [0.29, 0.717) is 34.1 Å². The second kappa shape index (κ2) is 17.3. The molecule has 296 valence electrons. The van der Waals surface area contributed by atoms with Gasteiger partial charge in [0.2, 0.25) is 5.91 Å². The molecule has 0 fully saturated rings. The van der Waals surface area contributed by atoms with Crippen LogP contribution in [0.3, 0.4) is 0 Å². The first kappa shape index (κ1) is 41.7. The molecular weight excluding hydrogens is 817 g/mol. The van der Waals surface area contributed by atoms with E-state index in [2.05, 4.69) is 0 Å².